The molecule has 5 nitrogen and oxygen atoms in total. The molecule has 0 radical (unpaired) electrons. The minimum atomic E-state index is -3.46. The van der Waals surface area contributed by atoms with Crippen molar-refractivity contribution in [2.24, 2.45) is 0 Å². The molecule has 2 rings (SSSR count). The van der Waals surface area contributed by atoms with Crippen LogP contribution in [0.5, 0.6) is 0 Å². The van der Waals surface area contributed by atoms with E-state index < -0.39 is 10.0 Å². The van der Waals surface area contributed by atoms with Crippen LogP contribution in [0.2, 0.25) is 0 Å². The summed E-state index contributed by atoms with van der Waals surface area (Å²) in [5.74, 6) is 0. The van der Waals surface area contributed by atoms with E-state index in [2.05, 4.69) is 10.0 Å². The Hall–Kier alpha value is -1.42. The van der Waals surface area contributed by atoms with Gasteiger partial charge in [0.2, 0.25) is 10.0 Å². The van der Waals surface area contributed by atoms with Gasteiger partial charge in [-0.2, -0.15) is 5.26 Å². The quantitative estimate of drug-likeness (QED) is 0.854. The van der Waals surface area contributed by atoms with Gasteiger partial charge in [0.1, 0.15) is 0 Å². The van der Waals surface area contributed by atoms with Gasteiger partial charge in [-0.3, -0.25) is 0 Å². The lowest BCUT2D eigenvalue weighted by Gasteiger charge is -2.23. The second-order valence-electron chi connectivity index (χ2n) is 4.98. The number of hydrogen-bond donors (Lipinski definition) is 2. The van der Waals surface area contributed by atoms with Crippen molar-refractivity contribution >= 4 is 10.0 Å². The van der Waals surface area contributed by atoms with E-state index in [4.69, 9.17) is 5.26 Å². The molecule has 1 atom stereocenters. The van der Waals surface area contributed by atoms with Gasteiger partial charge in [-0.25, -0.2) is 13.1 Å². The third kappa shape index (κ3) is 4.04. The van der Waals surface area contributed by atoms with Crippen LogP contribution in [0.4, 0.5) is 0 Å². The van der Waals surface area contributed by atoms with Crippen molar-refractivity contribution in [3.8, 4) is 6.07 Å². The standard InChI is InChI=1S/C14H19N3O2S/c15-9-8-12-4-6-14(7-5-12)20(18,19)17-11-13-3-1-2-10-16-13/h4-7,13,16-17H,1-3,8,10-11H2. The first-order valence-electron chi connectivity index (χ1n) is 6.81. The average molecular weight is 293 g/mol. The highest BCUT2D eigenvalue weighted by Crippen LogP contribution is 2.12. The van der Waals surface area contributed by atoms with Gasteiger partial charge >= 0.3 is 0 Å². The molecule has 1 saturated heterocycles. The van der Waals surface area contributed by atoms with Crippen LogP contribution >= 0.6 is 0 Å². The zero-order valence-corrected chi connectivity index (χ0v) is 12.1. The van der Waals surface area contributed by atoms with Crippen LogP contribution in [0.3, 0.4) is 0 Å². The van der Waals surface area contributed by atoms with Crippen molar-refractivity contribution in [1.29, 1.82) is 5.26 Å². The van der Waals surface area contributed by atoms with Crippen molar-refractivity contribution in [1.82, 2.24) is 10.0 Å². The summed E-state index contributed by atoms with van der Waals surface area (Å²) in [6, 6.07) is 8.70. The van der Waals surface area contributed by atoms with Crippen LogP contribution in [0, 0.1) is 11.3 Å². The molecule has 0 spiro atoms. The molecule has 0 saturated carbocycles. The first kappa shape index (κ1) is 15.0. The molecular formula is C14H19N3O2S. The van der Waals surface area contributed by atoms with E-state index >= 15 is 0 Å². The maximum atomic E-state index is 12.1. The minimum absolute atomic E-state index is 0.219. The Morgan fingerprint density at radius 2 is 2.05 bits per heavy atom. The van der Waals surface area contributed by atoms with Gasteiger partial charge in [0.25, 0.3) is 0 Å². The normalized spacial score (nSPS) is 19.4. The number of nitrogens with zero attached hydrogens (tertiary/aromatic N) is 1. The fraction of sp³-hybridized carbons (Fsp3) is 0.500. The summed E-state index contributed by atoms with van der Waals surface area (Å²) in [5.41, 5.74) is 0.820. The lowest BCUT2D eigenvalue weighted by Crippen LogP contribution is -2.43. The average Bonchev–Trinajstić information content (AvgIpc) is 2.47. The Labute approximate surface area is 120 Å². The van der Waals surface area contributed by atoms with Gasteiger partial charge in [0.15, 0.2) is 0 Å². The topological polar surface area (TPSA) is 82.0 Å². The predicted molar refractivity (Wildman–Crippen MR) is 76.6 cm³/mol. The van der Waals surface area contributed by atoms with Gasteiger partial charge in [0, 0.05) is 12.6 Å². The Balaban J connectivity index is 1.96. The molecule has 0 amide bonds. The SMILES string of the molecule is N#CCc1ccc(S(=O)(=O)NCC2CCCCN2)cc1. The number of piperidine rings is 1. The highest BCUT2D eigenvalue weighted by Gasteiger charge is 2.18. The Bertz CT molecular complexity index is 569. The molecule has 1 unspecified atom stereocenters. The van der Waals surface area contributed by atoms with E-state index in [-0.39, 0.29) is 10.9 Å². The maximum absolute atomic E-state index is 12.1. The highest BCUT2D eigenvalue weighted by molar-refractivity contribution is 7.89. The summed E-state index contributed by atoms with van der Waals surface area (Å²) >= 11 is 0. The summed E-state index contributed by atoms with van der Waals surface area (Å²) in [6.45, 7) is 1.37. The number of rotatable bonds is 5. The number of nitrogens with one attached hydrogen (secondary N) is 2. The number of sulfonamides is 1. The molecule has 0 bridgehead atoms. The molecule has 1 aliphatic rings. The Morgan fingerprint density at radius 1 is 1.30 bits per heavy atom. The smallest absolute Gasteiger partial charge is 0.240 e. The molecule has 1 aromatic rings. The largest absolute Gasteiger partial charge is 0.313 e. The molecule has 2 N–H and O–H groups in total. The first-order valence-corrected chi connectivity index (χ1v) is 8.29. The number of nitriles is 1. The fourth-order valence-corrected chi connectivity index (χ4v) is 3.35. The summed E-state index contributed by atoms with van der Waals surface area (Å²) in [7, 11) is -3.46. The van der Waals surface area contributed by atoms with Crippen LogP contribution in [-0.2, 0) is 16.4 Å². The molecule has 1 heterocycles. The number of hydrogen-bond acceptors (Lipinski definition) is 4. The third-order valence-corrected chi connectivity index (χ3v) is 4.89. The van der Waals surface area contributed by atoms with Crippen molar-refractivity contribution in [2.75, 3.05) is 13.1 Å². The van der Waals surface area contributed by atoms with E-state index in [1.165, 1.54) is 0 Å². The van der Waals surface area contributed by atoms with E-state index in [9.17, 15) is 8.42 Å². The second-order valence-corrected chi connectivity index (χ2v) is 6.74. The van der Waals surface area contributed by atoms with Crippen molar-refractivity contribution < 1.29 is 8.42 Å². The minimum Gasteiger partial charge on any atom is -0.313 e. The monoisotopic (exact) mass is 293 g/mol. The van der Waals surface area contributed by atoms with Crippen molar-refractivity contribution in [2.45, 2.75) is 36.6 Å². The molecule has 6 heteroatoms. The second kappa shape index (κ2) is 6.84. The Morgan fingerprint density at radius 3 is 2.65 bits per heavy atom. The summed E-state index contributed by atoms with van der Waals surface area (Å²) < 4.78 is 26.9. The van der Waals surface area contributed by atoms with Crippen LogP contribution in [0.15, 0.2) is 29.2 Å². The molecular weight excluding hydrogens is 274 g/mol. The van der Waals surface area contributed by atoms with Gasteiger partial charge in [-0.05, 0) is 37.1 Å². The third-order valence-electron chi connectivity index (χ3n) is 3.45. The van der Waals surface area contributed by atoms with Crippen molar-refractivity contribution in [3.63, 3.8) is 0 Å². The molecule has 1 aliphatic heterocycles. The van der Waals surface area contributed by atoms with Gasteiger partial charge in [-0.1, -0.05) is 18.6 Å². The Kier molecular flexibility index (Phi) is 5.12. The highest BCUT2D eigenvalue weighted by atomic mass is 32.2. The molecule has 1 fully saturated rings. The molecule has 108 valence electrons. The molecule has 0 aliphatic carbocycles. The lowest BCUT2D eigenvalue weighted by atomic mass is 10.1. The molecule has 1 aromatic carbocycles. The zero-order valence-electron chi connectivity index (χ0n) is 11.3. The first-order chi connectivity index (χ1) is 9.62. The van der Waals surface area contributed by atoms with E-state index in [1.807, 2.05) is 6.07 Å². The zero-order chi connectivity index (χ0) is 14.4. The van der Waals surface area contributed by atoms with Gasteiger partial charge in [-0.15, -0.1) is 0 Å². The summed E-state index contributed by atoms with van der Waals surface area (Å²) in [5, 5.41) is 11.9. The molecule has 20 heavy (non-hydrogen) atoms. The van der Waals surface area contributed by atoms with E-state index in [0.29, 0.717) is 13.0 Å². The predicted octanol–water partition coefficient (Wildman–Crippen LogP) is 1.17. The maximum Gasteiger partial charge on any atom is 0.240 e. The fourth-order valence-electron chi connectivity index (χ4n) is 2.27. The van der Waals surface area contributed by atoms with Crippen LogP contribution in [0.1, 0.15) is 24.8 Å². The van der Waals surface area contributed by atoms with E-state index in [1.54, 1.807) is 24.3 Å². The molecule has 0 aromatic heterocycles. The number of benzene rings is 1. The van der Waals surface area contributed by atoms with Crippen molar-refractivity contribution in [3.05, 3.63) is 29.8 Å². The van der Waals surface area contributed by atoms with Gasteiger partial charge in [0.05, 0.1) is 17.4 Å². The van der Waals surface area contributed by atoms with Crippen LogP contribution in [-0.4, -0.2) is 27.5 Å². The summed E-state index contributed by atoms with van der Waals surface area (Å²) in [6.07, 6.45) is 3.59. The summed E-state index contributed by atoms with van der Waals surface area (Å²) in [4.78, 5) is 0.245. The van der Waals surface area contributed by atoms with Crippen LogP contribution in [0.25, 0.3) is 0 Å². The van der Waals surface area contributed by atoms with E-state index in [0.717, 1.165) is 31.4 Å². The lowest BCUT2D eigenvalue weighted by molar-refractivity contribution is 0.398. The van der Waals surface area contributed by atoms with Gasteiger partial charge < -0.3 is 5.32 Å². The van der Waals surface area contributed by atoms with Crippen LogP contribution < -0.4 is 10.0 Å².